The van der Waals surface area contributed by atoms with Gasteiger partial charge in [-0.05, 0) is 30.4 Å². The van der Waals surface area contributed by atoms with E-state index in [9.17, 15) is 9.59 Å². The highest BCUT2D eigenvalue weighted by molar-refractivity contribution is 6.22. The van der Waals surface area contributed by atoms with Crippen LogP contribution < -0.4 is 0 Å². The van der Waals surface area contributed by atoms with Gasteiger partial charge in [0.05, 0.1) is 11.6 Å². The minimum absolute atomic E-state index is 0.0606. The predicted octanol–water partition coefficient (Wildman–Crippen LogP) is 2.81. The van der Waals surface area contributed by atoms with E-state index < -0.39 is 0 Å². The third-order valence-corrected chi connectivity index (χ3v) is 5.20. The molecule has 2 aliphatic heterocycles. The fourth-order valence-corrected chi connectivity index (χ4v) is 4.21. The van der Waals surface area contributed by atoms with Crippen LogP contribution in [0.25, 0.3) is 0 Å². The molecule has 0 aromatic heterocycles. The van der Waals surface area contributed by atoms with Gasteiger partial charge in [-0.1, -0.05) is 31.2 Å². The van der Waals surface area contributed by atoms with Gasteiger partial charge in [0.1, 0.15) is 0 Å². The van der Waals surface area contributed by atoms with E-state index in [0.29, 0.717) is 12.0 Å². The van der Waals surface area contributed by atoms with E-state index in [1.54, 1.807) is 0 Å². The molecule has 0 radical (unpaired) electrons. The van der Waals surface area contributed by atoms with Gasteiger partial charge < -0.3 is 4.90 Å². The van der Waals surface area contributed by atoms with Crippen molar-refractivity contribution >= 4 is 11.6 Å². The Bertz CT molecular complexity index is 674. The molecule has 3 heteroatoms. The lowest BCUT2D eigenvalue weighted by Gasteiger charge is -2.47. The Morgan fingerprint density at radius 1 is 1.10 bits per heavy atom. The van der Waals surface area contributed by atoms with Crippen molar-refractivity contribution in [3.05, 3.63) is 46.7 Å². The standard InChI is InChI=1S/C18H19NO2/c1-11-17-13-6-3-2-5-12(13)9-10-19(17)14-7-4-8-15(20)16(14)18(11)21/h2-3,5-6,11,17H,4,7-10H2,1H3/t11-,17-/m1/s1. The van der Waals surface area contributed by atoms with E-state index in [-0.39, 0.29) is 23.5 Å². The summed E-state index contributed by atoms with van der Waals surface area (Å²) in [4.78, 5) is 27.3. The van der Waals surface area contributed by atoms with Crippen molar-refractivity contribution < 1.29 is 9.59 Å². The number of carbonyl (C=O) groups is 2. The largest absolute Gasteiger partial charge is 0.366 e. The van der Waals surface area contributed by atoms with E-state index in [1.165, 1.54) is 11.1 Å². The van der Waals surface area contributed by atoms with E-state index >= 15 is 0 Å². The van der Waals surface area contributed by atoms with Crippen LogP contribution in [0, 0.1) is 5.92 Å². The summed E-state index contributed by atoms with van der Waals surface area (Å²) in [5.74, 6) is -0.00897. The second-order valence-corrected chi connectivity index (χ2v) is 6.34. The topological polar surface area (TPSA) is 37.4 Å². The first-order valence-corrected chi connectivity index (χ1v) is 7.83. The van der Waals surface area contributed by atoms with Crippen LogP contribution in [0.4, 0.5) is 0 Å². The summed E-state index contributed by atoms with van der Waals surface area (Å²) in [5, 5.41) is 0. The summed E-state index contributed by atoms with van der Waals surface area (Å²) in [7, 11) is 0. The highest BCUT2D eigenvalue weighted by Crippen LogP contribution is 2.45. The van der Waals surface area contributed by atoms with E-state index in [0.717, 1.165) is 31.5 Å². The van der Waals surface area contributed by atoms with Gasteiger partial charge in [0.15, 0.2) is 11.6 Å². The lowest BCUT2D eigenvalue weighted by atomic mass is 9.74. The number of benzene rings is 1. The molecule has 0 unspecified atom stereocenters. The summed E-state index contributed by atoms with van der Waals surface area (Å²) >= 11 is 0. The molecule has 2 heterocycles. The molecule has 4 rings (SSSR count). The SMILES string of the molecule is C[C@H]1C(=O)C2=C(CCCC2=O)N2CCc3ccccc3[C@@H]12. The van der Waals surface area contributed by atoms with E-state index in [2.05, 4.69) is 29.2 Å². The van der Waals surface area contributed by atoms with Crippen LogP contribution in [0.2, 0.25) is 0 Å². The lowest BCUT2D eigenvalue weighted by molar-refractivity contribution is -0.127. The summed E-state index contributed by atoms with van der Waals surface area (Å²) in [5.41, 5.74) is 4.16. The minimum atomic E-state index is -0.132. The van der Waals surface area contributed by atoms with Crippen molar-refractivity contribution in [1.82, 2.24) is 4.90 Å². The molecule has 1 aliphatic carbocycles. The van der Waals surface area contributed by atoms with Gasteiger partial charge in [0.2, 0.25) is 0 Å². The van der Waals surface area contributed by atoms with Gasteiger partial charge in [0.25, 0.3) is 0 Å². The second kappa shape index (κ2) is 4.55. The molecular formula is C18H19NO2. The molecule has 21 heavy (non-hydrogen) atoms. The molecule has 108 valence electrons. The van der Waals surface area contributed by atoms with Gasteiger partial charge in [0, 0.05) is 24.6 Å². The molecule has 2 atom stereocenters. The summed E-state index contributed by atoms with van der Waals surface area (Å²) < 4.78 is 0. The highest BCUT2D eigenvalue weighted by atomic mass is 16.2. The molecule has 0 bridgehead atoms. The van der Waals surface area contributed by atoms with Gasteiger partial charge in [-0.25, -0.2) is 0 Å². The molecule has 0 amide bonds. The Morgan fingerprint density at radius 2 is 1.90 bits per heavy atom. The van der Waals surface area contributed by atoms with Crippen LogP contribution in [0.3, 0.4) is 0 Å². The van der Waals surface area contributed by atoms with Gasteiger partial charge in [-0.15, -0.1) is 0 Å². The number of fused-ring (bicyclic) bond motifs is 4. The zero-order valence-electron chi connectivity index (χ0n) is 12.3. The molecule has 0 spiro atoms. The van der Waals surface area contributed by atoms with Crippen molar-refractivity contribution in [3.63, 3.8) is 0 Å². The van der Waals surface area contributed by atoms with Gasteiger partial charge in [-0.2, -0.15) is 0 Å². The van der Waals surface area contributed by atoms with Crippen molar-refractivity contribution in [2.75, 3.05) is 6.54 Å². The maximum Gasteiger partial charge on any atom is 0.173 e. The van der Waals surface area contributed by atoms with Crippen LogP contribution in [-0.2, 0) is 16.0 Å². The zero-order chi connectivity index (χ0) is 14.6. The molecule has 0 saturated carbocycles. The normalized spacial score (nSPS) is 28.1. The number of carbonyl (C=O) groups excluding carboxylic acids is 2. The molecule has 3 aliphatic rings. The third kappa shape index (κ3) is 1.73. The molecular weight excluding hydrogens is 262 g/mol. The average Bonchev–Trinajstić information content (AvgIpc) is 2.51. The molecule has 0 saturated heterocycles. The first kappa shape index (κ1) is 12.8. The smallest absolute Gasteiger partial charge is 0.173 e. The predicted molar refractivity (Wildman–Crippen MR) is 79.6 cm³/mol. The number of Topliss-reactive ketones (excluding diaryl/α,β-unsaturated/α-hetero) is 2. The quantitative estimate of drug-likeness (QED) is 0.686. The average molecular weight is 281 g/mol. The Balaban J connectivity index is 1.88. The third-order valence-electron chi connectivity index (χ3n) is 5.20. The van der Waals surface area contributed by atoms with Crippen LogP contribution >= 0.6 is 0 Å². The number of hydrogen-bond donors (Lipinski definition) is 0. The number of rotatable bonds is 0. The fraction of sp³-hybridized carbons (Fsp3) is 0.444. The van der Waals surface area contributed by atoms with Crippen molar-refractivity contribution in [1.29, 1.82) is 0 Å². The van der Waals surface area contributed by atoms with E-state index in [1.807, 2.05) is 6.92 Å². The Morgan fingerprint density at radius 3 is 2.76 bits per heavy atom. The van der Waals surface area contributed by atoms with Crippen LogP contribution in [0.1, 0.15) is 43.4 Å². The number of nitrogens with zero attached hydrogens (tertiary/aromatic N) is 1. The Hall–Kier alpha value is -1.90. The zero-order valence-corrected chi connectivity index (χ0v) is 12.3. The van der Waals surface area contributed by atoms with Crippen LogP contribution in [0.15, 0.2) is 35.5 Å². The maximum atomic E-state index is 12.7. The fourth-order valence-electron chi connectivity index (χ4n) is 4.21. The van der Waals surface area contributed by atoms with Gasteiger partial charge >= 0.3 is 0 Å². The molecule has 0 N–H and O–H groups in total. The molecule has 1 aromatic rings. The monoisotopic (exact) mass is 281 g/mol. The second-order valence-electron chi connectivity index (χ2n) is 6.34. The summed E-state index contributed by atoms with van der Waals surface area (Å²) in [6.07, 6.45) is 3.29. The number of allylic oxidation sites excluding steroid dienone is 2. The van der Waals surface area contributed by atoms with Crippen molar-refractivity contribution in [2.45, 2.75) is 38.6 Å². The highest BCUT2D eigenvalue weighted by Gasteiger charge is 2.45. The molecule has 0 fully saturated rings. The van der Waals surface area contributed by atoms with Gasteiger partial charge in [-0.3, -0.25) is 9.59 Å². The number of hydrogen-bond acceptors (Lipinski definition) is 3. The van der Waals surface area contributed by atoms with Crippen molar-refractivity contribution in [3.8, 4) is 0 Å². The minimum Gasteiger partial charge on any atom is -0.366 e. The lowest BCUT2D eigenvalue weighted by Crippen LogP contribution is -2.47. The Kier molecular flexibility index (Phi) is 2.78. The van der Waals surface area contributed by atoms with Crippen LogP contribution in [0.5, 0.6) is 0 Å². The summed E-state index contributed by atoms with van der Waals surface area (Å²) in [6.45, 7) is 2.90. The molecule has 3 nitrogen and oxygen atoms in total. The first-order chi connectivity index (χ1) is 10.2. The van der Waals surface area contributed by atoms with E-state index in [4.69, 9.17) is 0 Å². The van der Waals surface area contributed by atoms with Crippen LogP contribution in [-0.4, -0.2) is 23.0 Å². The Labute approximate surface area is 124 Å². The summed E-state index contributed by atoms with van der Waals surface area (Å²) in [6, 6.07) is 8.55. The number of ketones is 2. The maximum absolute atomic E-state index is 12.7. The van der Waals surface area contributed by atoms with Crippen molar-refractivity contribution in [2.24, 2.45) is 5.92 Å². The molecule has 1 aromatic carbocycles. The first-order valence-electron chi connectivity index (χ1n) is 7.83.